The number of nitrogens with zero attached hydrogens (tertiary/aromatic N) is 4. The molecule has 1 aromatic rings. The van der Waals surface area contributed by atoms with Crippen molar-refractivity contribution >= 4 is 12.0 Å². The molecule has 0 radical (unpaired) electrons. The van der Waals surface area contributed by atoms with Gasteiger partial charge in [-0.3, -0.25) is 0 Å². The van der Waals surface area contributed by atoms with E-state index in [4.69, 9.17) is 5.11 Å². The first kappa shape index (κ1) is 8.31. The SMILES string of the molecule is CN(C(=O)O)c1ncnc(F)n1. The van der Waals surface area contributed by atoms with E-state index in [0.29, 0.717) is 4.90 Å². The smallest absolute Gasteiger partial charge is 0.413 e. The molecule has 1 aromatic heterocycles. The summed E-state index contributed by atoms with van der Waals surface area (Å²) in [6.45, 7) is 0. The van der Waals surface area contributed by atoms with Crippen LogP contribution in [-0.2, 0) is 0 Å². The molecule has 0 aromatic carbocycles. The molecule has 7 heteroatoms. The molecule has 0 fully saturated rings. The average Bonchev–Trinajstić information content (AvgIpc) is 2.03. The lowest BCUT2D eigenvalue weighted by atomic mass is 10.8. The van der Waals surface area contributed by atoms with Gasteiger partial charge < -0.3 is 5.11 Å². The average molecular weight is 172 g/mol. The van der Waals surface area contributed by atoms with Gasteiger partial charge in [-0.2, -0.15) is 14.4 Å². The van der Waals surface area contributed by atoms with E-state index < -0.39 is 12.2 Å². The Morgan fingerprint density at radius 2 is 2.33 bits per heavy atom. The quantitative estimate of drug-likeness (QED) is 0.651. The second kappa shape index (κ2) is 3.07. The summed E-state index contributed by atoms with van der Waals surface area (Å²) >= 11 is 0. The highest BCUT2D eigenvalue weighted by Gasteiger charge is 2.11. The van der Waals surface area contributed by atoms with Crippen molar-refractivity contribution in [1.29, 1.82) is 0 Å². The van der Waals surface area contributed by atoms with Gasteiger partial charge in [-0.25, -0.2) is 14.7 Å². The van der Waals surface area contributed by atoms with Gasteiger partial charge in [0.15, 0.2) is 0 Å². The van der Waals surface area contributed by atoms with Gasteiger partial charge in [0, 0.05) is 7.05 Å². The van der Waals surface area contributed by atoms with Gasteiger partial charge in [0.1, 0.15) is 6.33 Å². The third kappa shape index (κ3) is 1.62. The molecule has 0 saturated heterocycles. The van der Waals surface area contributed by atoms with Crippen LogP contribution in [-0.4, -0.2) is 33.2 Å². The summed E-state index contributed by atoms with van der Waals surface area (Å²) in [7, 11) is 1.21. The Balaban J connectivity index is 2.95. The number of carbonyl (C=O) groups is 1. The molecule has 0 bridgehead atoms. The van der Waals surface area contributed by atoms with Gasteiger partial charge >= 0.3 is 12.2 Å². The number of hydrogen-bond acceptors (Lipinski definition) is 4. The van der Waals surface area contributed by atoms with Crippen molar-refractivity contribution in [2.45, 2.75) is 0 Å². The van der Waals surface area contributed by atoms with E-state index in [1.807, 2.05) is 0 Å². The normalized spacial score (nSPS) is 9.50. The van der Waals surface area contributed by atoms with Crippen LogP contribution < -0.4 is 4.90 Å². The van der Waals surface area contributed by atoms with Gasteiger partial charge in [-0.1, -0.05) is 0 Å². The molecule has 1 amide bonds. The highest BCUT2D eigenvalue weighted by Crippen LogP contribution is 2.01. The third-order valence-electron chi connectivity index (χ3n) is 1.12. The van der Waals surface area contributed by atoms with Crippen molar-refractivity contribution < 1.29 is 14.3 Å². The first-order valence-corrected chi connectivity index (χ1v) is 2.92. The standard InChI is InChI=1S/C5H5FN4O2/c1-10(5(11)12)4-8-2-7-3(6)9-4/h2H,1H3,(H,11,12). The molecule has 0 saturated carbocycles. The summed E-state index contributed by atoms with van der Waals surface area (Å²) in [4.78, 5) is 20.7. The highest BCUT2D eigenvalue weighted by molar-refractivity contribution is 5.82. The van der Waals surface area contributed by atoms with Crippen molar-refractivity contribution in [2.75, 3.05) is 11.9 Å². The van der Waals surface area contributed by atoms with Crippen molar-refractivity contribution in [3.8, 4) is 0 Å². The minimum Gasteiger partial charge on any atom is -0.465 e. The molecule has 1 rings (SSSR count). The molecule has 1 heterocycles. The summed E-state index contributed by atoms with van der Waals surface area (Å²) in [6, 6.07) is 0. The van der Waals surface area contributed by atoms with Crippen LogP contribution in [0.3, 0.4) is 0 Å². The van der Waals surface area contributed by atoms with Crippen molar-refractivity contribution in [3.63, 3.8) is 0 Å². The van der Waals surface area contributed by atoms with E-state index >= 15 is 0 Å². The van der Waals surface area contributed by atoms with E-state index in [1.165, 1.54) is 7.05 Å². The fourth-order valence-electron chi connectivity index (χ4n) is 0.516. The second-order valence-corrected chi connectivity index (χ2v) is 1.90. The van der Waals surface area contributed by atoms with Crippen LogP contribution in [0.2, 0.25) is 0 Å². The molecule has 0 aliphatic heterocycles. The minimum atomic E-state index is -1.26. The lowest BCUT2D eigenvalue weighted by Crippen LogP contribution is -2.26. The maximum atomic E-state index is 12.3. The zero-order valence-electron chi connectivity index (χ0n) is 6.10. The Kier molecular flexibility index (Phi) is 2.13. The summed E-state index contributed by atoms with van der Waals surface area (Å²) in [6.07, 6.45) is -1.37. The molecule has 6 nitrogen and oxygen atoms in total. The molecule has 0 atom stereocenters. The Morgan fingerprint density at radius 3 is 2.83 bits per heavy atom. The number of anilines is 1. The minimum absolute atomic E-state index is 0.241. The molecule has 1 N–H and O–H groups in total. The fraction of sp³-hybridized carbons (Fsp3) is 0.200. The Labute approximate surface area is 66.7 Å². The van der Waals surface area contributed by atoms with Gasteiger partial charge in [0.2, 0.25) is 5.95 Å². The monoisotopic (exact) mass is 172 g/mol. The van der Waals surface area contributed by atoms with E-state index in [1.54, 1.807) is 0 Å². The molecular weight excluding hydrogens is 167 g/mol. The number of amides is 1. The lowest BCUT2D eigenvalue weighted by molar-refractivity contribution is 0.203. The van der Waals surface area contributed by atoms with Gasteiger partial charge in [0.05, 0.1) is 0 Å². The van der Waals surface area contributed by atoms with Crippen LogP contribution in [0, 0.1) is 6.08 Å². The Hall–Kier alpha value is -1.79. The number of carboxylic acid groups (broad SMARTS) is 1. The number of hydrogen-bond donors (Lipinski definition) is 1. The van der Waals surface area contributed by atoms with Gasteiger partial charge in [-0.15, -0.1) is 0 Å². The molecule has 0 unspecified atom stereocenters. The fourth-order valence-corrected chi connectivity index (χ4v) is 0.516. The van der Waals surface area contributed by atoms with Crippen LogP contribution in [0.15, 0.2) is 6.33 Å². The van der Waals surface area contributed by atoms with Crippen LogP contribution in [0.1, 0.15) is 0 Å². The molecule has 12 heavy (non-hydrogen) atoms. The Bertz CT molecular complexity index is 305. The maximum absolute atomic E-state index is 12.3. The zero-order valence-corrected chi connectivity index (χ0v) is 6.10. The molecular formula is C5H5FN4O2. The molecule has 0 aliphatic rings. The largest absolute Gasteiger partial charge is 0.465 e. The lowest BCUT2D eigenvalue weighted by Gasteiger charge is -2.08. The first-order chi connectivity index (χ1) is 5.61. The highest BCUT2D eigenvalue weighted by atomic mass is 19.1. The summed E-state index contributed by atoms with van der Waals surface area (Å²) in [5, 5.41) is 8.43. The van der Waals surface area contributed by atoms with E-state index in [-0.39, 0.29) is 5.95 Å². The zero-order chi connectivity index (χ0) is 9.14. The van der Waals surface area contributed by atoms with Gasteiger partial charge in [-0.05, 0) is 0 Å². The Morgan fingerprint density at radius 1 is 1.67 bits per heavy atom. The third-order valence-corrected chi connectivity index (χ3v) is 1.12. The molecule has 0 spiro atoms. The molecule has 64 valence electrons. The topological polar surface area (TPSA) is 79.2 Å². The maximum Gasteiger partial charge on any atom is 0.413 e. The predicted octanol–water partition coefficient (Wildman–Crippen LogP) is 0.125. The number of rotatable bonds is 1. The summed E-state index contributed by atoms with van der Waals surface area (Å²) < 4.78 is 12.3. The van der Waals surface area contributed by atoms with Crippen LogP contribution in [0.5, 0.6) is 0 Å². The van der Waals surface area contributed by atoms with Crippen molar-refractivity contribution in [3.05, 3.63) is 12.4 Å². The van der Waals surface area contributed by atoms with Gasteiger partial charge in [0.25, 0.3) is 0 Å². The summed E-state index contributed by atoms with van der Waals surface area (Å²) in [5.74, 6) is -0.241. The van der Waals surface area contributed by atoms with Crippen molar-refractivity contribution in [1.82, 2.24) is 15.0 Å². The van der Waals surface area contributed by atoms with Crippen LogP contribution in [0.25, 0.3) is 0 Å². The van der Waals surface area contributed by atoms with E-state index in [0.717, 1.165) is 6.33 Å². The van der Waals surface area contributed by atoms with Crippen LogP contribution >= 0.6 is 0 Å². The van der Waals surface area contributed by atoms with E-state index in [2.05, 4.69) is 15.0 Å². The number of halogens is 1. The first-order valence-electron chi connectivity index (χ1n) is 2.92. The van der Waals surface area contributed by atoms with Crippen molar-refractivity contribution in [2.24, 2.45) is 0 Å². The summed E-state index contributed by atoms with van der Waals surface area (Å²) in [5.41, 5.74) is 0. The van der Waals surface area contributed by atoms with Crippen LogP contribution in [0.4, 0.5) is 15.1 Å². The molecule has 0 aliphatic carbocycles. The number of aromatic nitrogens is 3. The van der Waals surface area contributed by atoms with E-state index in [9.17, 15) is 9.18 Å². The second-order valence-electron chi connectivity index (χ2n) is 1.90. The predicted molar refractivity (Wildman–Crippen MR) is 36.2 cm³/mol.